The summed E-state index contributed by atoms with van der Waals surface area (Å²) in [4.78, 5) is 0. The lowest BCUT2D eigenvalue weighted by atomic mass is 10.0. The molecule has 2 nitrogen and oxygen atoms in total. The van der Waals surface area contributed by atoms with Gasteiger partial charge in [-0.15, -0.1) is 11.3 Å². The maximum Gasteiger partial charge on any atom is 0.0771 e. The highest BCUT2D eigenvalue weighted by atomic mass is 79.9. The van der Waals surface area contributed by atoms with Gasteiger partial charge in [0.25, 0.3) is 0 Å². The van der Waals surface area contributed by atoms with Crippen LogP contribution < -0.4 is 5.32 Å². The zero-order valence-corrected chi connectivity index (χ0v) is 13.1. The van der Waals surface area contributed by atoms with Crippen LogP contribution in [0.1, 0.15) is 31.4 Å². The van der Waals surface area contributed by atoms with E-state index in [9.17, 15) is 0 Å². The molecule has 0 spiro atoms. The fourth-order valence-electron chi connectivity index (χ4n) is 2.09. The Labute approximate surface area is 117 Å². The molecule has 1 aromatic heterocycles. The van der Waals surface area contributed by atoms with Gasteiger partial charge in [0.2, 0.25) is 0 Å². The Bertz CT molecular complexity index is 350. The molecular weight excluding hydrogens is 354 g/mol. The van der Waals surface area contributed by atoms with Gasteiger partial charge in [0, 0.05) is 6.61 Å². The number of likely N-dealkylation sites (N-methyl/N-ethyl adjacent to an activating group) is 1. The molecule has 0 saturated carbocycles. The zero-order chi connectivity index (χ0) is 11.5. The van der Waals surface area contributed by atoms with E-state index in [4.69, 9.17) is 4.74 Å². The molecule has 2 atom stereocenters. The molecule has 0 bridgehead atoms. The minimum absolute atomic E-state index is 0.310. The van der Waals surface area contributed by atoms with E-state index in [2.05, 4.69) is 50.2 Å². The quantitative estimate of drug-likeness (QED) is 0.863. The summed E-state index contributed by atoms with van der Waals surface area (Å²) in [6.45, 7) is 4.00. The largest absolute Gasteiger partial charge is 0.376 e. The first-order valence-electron chi connectivity index (χ1n) is 5.52. The number of hydrogen-bond acceptors (Lipinski definition) is 3. The molecule has 1 aliphatic rings. The second-order valence-electron chi connectivity index (χ2n) is 3.87. The van der Waals surface area contributed by atoms with E-state index >= 15 is 0 Å². The van der Waals surface area contributed by atoms with Crippen LogP contribution >= 0.6 is 43.2 Å². The van der Waals surface area contributed by atoms with E-state index in [0.29, 0.717) is 12.1 Å². The summed E-state index contributed by atoms with van der Waals surface area (Å²) in [5.41, 5.74) is 1.31. The Morgan fingerprint density at radius 3 is 2.94 bits per heavy atom. The van der Waals surface area contributed by atoms with Gasteiger partial charge >= 0.3 is 0 Å². The Balaban J connectivity index is 2.20. The average molecular weight is 369 g/mol. The highest BCUT2D eigenvalue weighted by Gasteiger charge is 2.28. The molecule has 2 heterocycles. The predicted molar refractivity (Wildman–Crippen MR) is 75.1 cm³/mol. The summed E-state index contributed by atoms with van der Waals surface area (Å²) in [7, 11) is 0. The lowest BCUT2D eigenvalue weighted by Crippen LogP contribution is -2.31. The van der Waals surface area contributed by atoms with E-state index in [1.54, 1.807) is 11.3 Å². The Kier molecular flexibility index (Phi) is 4.85. The Hall–Kier alpha value is 0.580. The molecule has 2 rings (SSSR count). The number of ether oxygens (including phenoxy) is 1. The Morgan fingerprint density at radius 1 is 1.62 bits per heavy atom. The molecule has 2 unspecified atom stereocenters. The van der Waals surface area contributed by atoms with E-state index in [-0.39, 0.29) is 0 Å². The molecule has 1 fully saturated rings. The molecule has 0 amide bonds. The highest BCUT2D eigenvalue weighted by molar-refractivity contribution is 9.12. The molecule has 1 N–H and O–H groups in total. The number of halogens is 2. The predicted octanol–water partition coefficient (Wildman–Crippen LogP) is 4.10. The summed E-state index contributed by atoms with van der Waals surface area (Å²) in [6, 6.07) is 2.49. The summed E-state index contributed by atoms with van der Waals surface area (Å²) >= 11 is 8.88. The van der Waals surface area contributed by atoms with E-state index in [1.165, 1.54) is 15.8 Å². The van der Waals surface area contributed by atoms with Crippen molar-refractivity contribution < 1.29 is 4.74 Å². The van der Waals surface area contributed by atoms with Crippen LogP contribution in [-0.4, -0.2) is 19.3 Å². The van der Waals surface area contributed by atoms with Crippen molar-refractivity contribution in [3.8, 4) is 0 Å². The van der Waals surface area contributed by atoms with Crippen LogP contribution in [0.4, 0.5) is 0 Å². The number of thiophene rings is 1. The van der Waals surface area contributed by atoms with Crippen molar-refractivity contribution in [2.75, 3.05) is 13.2 Å². The van der Waals surface area contributed by atoms with Crippen LogP contribution in [0.2, 0.25) is 0 Å². The lowest BCUT2D eigenvalue weighted by Gasteiger charge is -2.23. The third-order valence-electron chi connectivity index (χ3n) is 2.78. The van der Waals surface area contributed by atoms with E-state index in [1.807, 2.05) is 0 Å². The number of nitrogens with one attached hydrogen (secondary N) is 1. The van der Waals surface area contributed by atoms with Crippen LogP contribution in [0.25, 0.3) is 0 Å². The van der Waals surface area contributed by atoms with Gasteiger partial charge in [-0.25, -0.2) is 0 Å². The van der Waals surface area contributed by atoms with Gasteiger partial charge in [0.1, 0.15) is 0 Å². The van der Waals surface area contributed by atoms with Crippen molar-refractivity contribution in [2.24, 2.45) is 0 Å². The molecule has 0 aromatic carbocycles. The second-order valence-corrected chi connectivity index (χ2v) is 7.62. The minimum atomic E-state index is 0.310. The van der Waals surface area contributed by atoms with Crippen LogP contribution in [0, 0.1) is 0 Å². The van der Waals surface area contributed by atoms with Crippen LogP contribution in [0.15, 0.2) is 13.6 Å². The molecule has 16 heavy (non-hydrogen) atoms. The van der Waals surface area contributed by atoms with E-state index < -0.39 is 0 Å². The van der Waals surface area contributed by atoms with Gasteiger partial charge in [0.05, 0.1) is 19.7 Å². The van der Waals surface area contributed by atoms with Crippen LogP contribution in [-0.2, 0) is 4.74 Å². The topological polar surface area (TPSA) is 21.3 Å². The Morgan fingerprint density at radius 2 is 2.44 bits per heavy atom. The first-order valence-corrected chi connectivity index (χ1v) is 7.92. The first kappa shape index (κ1) is 13.0. The lowest BCUT2D eigenvalue weighted by molar-refractivity contribution is 0.0787. The van der Waals surface area contributed by atoms with Crippen molar-refractivity contribution in [1.29, 1.82) is 0 Å². The maximum absolute atomic E-state index is 5.79. The fourth-order valence-corrected chi connectivity index (χ4v) is 5.02. The number of rotatable bonds is 4. The highest BCUT2D eigenvalue weighted by Crippen LogP contribution is 2.38. The fraction of sp³-hybridized carbons (Fsp3) is 0.636. The third kappa shape index (κ3) is 2.88. The zero-order valence-electron chi connectivity index (χ0n) is 9.13. The van der Waals surface area contributed by atoms with Crippen molar-refractivity contribution >= 4 is 43.2 Å². The van der Waals surface area contributed by atoms with Gasteiger partial charge in [-0.05, 0) is 62.9 Å². The van der Waals surface area contributed by atoms with Gasteiger partial charge < -0.3 is 10.1 Å². The first-order chi connectivity index (χ1) is 7.72. The van der Waals surface area contributed by atoms with Crippen LogP contribution in [0.3, 0.4) is 0 Å². The van der Waals surface area contributed by atoms with Gasteiger partial charge in [-0.3, -0.25) is 0 Å². The van der Waals surface area contributed by atoms with Crippen molar-refractivity contribution in [2.45, 2.75) is 31.9 Å². The van der Waals surface area contributed by atoms with Gasteiger partial charge in [-0.1, -0.05) is 6.92 Å². The summed E-state index contributed by atoms with van der Waals surface area (Å²) in [5.74, 6) is 0. The summed E-state index contributed by atoms with van der Waals surface area (Å²) in [6.07, 6.45) is 2.64. The second kappa shape index (κ2) is 5.96. The number of hydrogen-bond donors (Lipinski definition) is 1. The molecule has 0 radical (unpaired) electrons. The van der Waals surface area contributed by atoms with Crippen molar-refractivity contribution in [1.82, 2.24) is 5.32 Å². The third-order valence-corrected chi connectivity index (χ3v) is 5.16. The summed E-state index contributed by atoms with van der Waals surface area (Å²) < 4.78 is 8.15. The normalized spacial score (nSPS) is 22.6. The van der Waals surface area contributed by atoms with Crippen molar-refractivity contribution in [3.05, 3.63) is 19.2 Å². The molecule has 5 heteroatoms. The average Bonchev–Trinajstić information content (AvgIpc) is 2.85. The smallest absolute Gasteiger partial charge is 0.0771 e. The summed E-state index contributed by atoms with van der Waals surface area (Å²) in [5, 5.41) is 3.53. The van der Waals surface area contributed by atoms with Gasteiger partial charge in [0.15, 0.2) is 0 Å². The molecular formula is C11H15Br2NOS. The van der Waals surface area contributed by atoms with E-state index in [0.717, 1.165) is 23.4 Å². The standard InChI is InChI=1S/C11H15Br2NOS/c1-2-14-10(8-4-3-5-15-8)7-6-9(12)16-11(7)13/h6,8,10,14H,2-5H2,1H3. The monoisotopic (exact) mass is 367 g/mol. The molecule has 1 aliphatic heterocycles. The molecule has 1 saturated heterocycles. The molecule has 90 valence electrons. The molecule has 0 aliphatic carbocycles. The molecule has 1 aromatic rings. The minimum Gasteiger partial charge on any atom is -0.376 e. The van der Waals surface area contributed by atoms with Crippen molar-refractivity contribution in [3.63, 3.8) is 0 Å². The maximum atomic E-state index is 5.79. The van der Waals surface area contributed by atoms with Gasteiger partial charge in [-0.2, -0.15) is 0 Å². The van der Waals surface area contributed by atoms with Crippen LogP contribution in [0.5, 0.6) is 0 Å². The SMILES string of the molecule is CCNC(c1cc(Br)sc1Br)C1CCCO1.